The summed E-state index contributed by atoms with van der Waals surface area (Å²) >= 11 is 0. The standard InChI is InChI=1S/C16H14N2O8/c1-25-14(19)16(15(20)26-2)8-7-11(13(9-16)18(23)24)10-5-3-4-6-12(10)17(21)22/h3-8H,9H2,1-2H3. The number of nitrogens with zero attached hydrogens (tertiary/aromatic N) is 2. The number of carbonyl (C=O) groups excluding carboxylic acids is 2. The Kier molecular flexibility index (Phi) is 5.15. The van der Waals surface area contributed by atoms with Crippen LogP contribution in [-0.4, -0.2) is 36.0 Å². The van der Waals surface area contributed by atoms with Crippen molar-refractivity contribution in [3.63, 3.8) is 0 Å². The molecule has 10 nitrogen and oxygen atoms in total. The van der Waals surface area contributed by atoms with Crippen LogP contribution < -0.4 is 0 Å². The maximum Gasteiger partial charge on any atom is 0.327 e. The molecule has 0 spiro atoms. The number of ether oxygens (including phenoxy) is 2. The van der Waals surface area contributed by atoms with Crippen LogP contribution in [0.5, 0.6) is 0 Å². The fourth-order valence-electron chi connectivity index (χ4n) is 2.74. The van der Waals surface area contributed by atoms with Gasteiger partial charge in [0.25, 0.3) is 11.4 Å². The van der Waals surface area contributed by atoms with Crippen molar-refractivity contribution in [1.29, 1.82) is 0 Å². The van der Waals surface area contributed by atoms with E-state index >= 15 is 0 Å². The Morgan fingerprint density at radius 2 is 1.62 bits per heavy atom. The third-order valence-electron chi connectivity index (χ3n) is 4.00. The largest absolute Gasteiger partial charge is 0.468 e. The normalized spacial score (nSPS) is 15.3. The first-order valence-corrected chi connectivity index (χ1v) is 7.26. The zero-order valence-electron chi connectivity index (χ0n) is 13.8. The molecular formula is C16H14N2O8. The molecule has 2 rings (SSSR count). The molecule has 0 aliphatic heterocycles. The van der Waals surface area contributed by atoms with Gasteiger partial charge in [-0.2, -0.15) is 0 Å². The van der Waals surface area contributed by atoms with Crippen molar-refractivity contribution in [3.05, 3.63) is 67.9 Å². The van der Waals surface area contributed by atoms with Crippen molar-refractivity contribution in [3.8, 4) is 0 Å². The van der Waals surface area contributed by atoms with Crippen LogP contribution in [0.1, 0.15) is 12.0 Å². The summed E-state index contributed by atoms with van der Waals surface area (Å²) in [4.78, 5) is 45.6. The lowest BCUT2D eigenvalue weighted by molar-refractivity contribution is -0.428. The fraction of sp³-hybridized carbons (Fsp3) is 0.250. The van der Waals surface area contributed by atoms with Crippen LogP contribution in [0.2, 0.25) is 0 Å². The average molecular weight is 362 g/mol. The van der Waals surface area contributed by atoms with Crippen LogP contribution in [0.25, 0.3) is 5.57 Å². The molecule has 0 atom stereocenters. The number of carbonyl (C=O) groups is 2. The van der Waals surface area contributed by atoms with Gasteiger partial charge < -0.3 is 9.47 Å². The Balaban J connectivity index is 2.68. The molecule has 0 heterocycles. The van der Waals surface area contributed by atoms with Crippen molar-refractivity contribution in [2.45, 2.75) is 6.42 Å². The van der Waals surface area contributed by atoms with Crippen LogP contribution >= 0.6 is 0 Å². The number of allylic oxidation sites excluding steroid dienone is 3. The number of rotatable bonds is 5. The van der Waals surface area contributed by atoms with E-state index in [1.165, 1.54) is 24.3 Å². The predicted molar refractivity (Wildman–Crippen MR) is 87.2 cm³/mol. The number of methoxy groups -OCH3 is 2. The fourth-order valence-corrected chi connectivity index (χ4v) is 2.74. The Hall–Kier alpha value is -3.56. The van der Waals surface area contributed by atoms with E-state index in [2.05, 4.69) is 9.47 Å². The van der Waals surface area contributed by atoms with Crippen molar-refractivity contribution in [1.82, 2.24) is 0 Å². The first kappa shape index (κ1) is 18.8. The van der Waals surface area contributed by atoms with Gasteiger partial charge in [0, 0.05) is 6.07 Å². The molecule has 1 aromatic rings. The van der Waals surface area contributed by atoms with Gasteiger partial charge in [-0.15, -0.1) is 0 Å². The Labute approximate surface area is 147 Å². The molecule has 1 aliphatic carbocycles. The number of para-hydroxylation sites is 1. The molecule has 0 unspecified atom stereocenters. The van der Waals surface area contributed by atoms with Gasteiger partial charge >= 0.3 is 11.9 Å². The smallest absolute Gasteiger partial charge is 0.327 e. The van der Waals surface area contributed by atoms with E-state index in [4.69, 9.17) is 0 Å². The Bertz CT molecular complexity index is 840. The minimum atomic E-state index is -2.03. The maximum atomic E-state index is 12.1. The molecule has 10 heteroatoms. The minimum Gasteiger partial charge on any atom is -0.468 e. The van der Waals surface area contributed by atoms with Crippen molar-refractivity contribution in [2.24, 2.45) is 5.41 Å². The second kappa shape index (κ2) is 7.13. The highest BCUT2D eigenvalue weighted by atomic mass is 16.6. The van der Waals surface area contributed by atoms with E-state index in [0.29, 0.717) is 0 Å². The predicted octanol–water partition coefficient (Wildman–Crippen LogP) is 1.87. The van der Waals surface area contributed by atoms with E-state index in [1.54, 1.807) is 0 Å². The van der Waals surface area contributed by atoms with Gasteiger partial charge in [-0.3, -0.25) is 29.8 Å². The first-order chi connectivity index (χ1) is 12.3. The summed E-state index contributed by atoms with van der Waals surface area (Å²) in [6.45, 7) is 0. The van der Waals surface area contributed by atoms with Crippen LogP contribution in [0.4, 0.5) is 5.69 Å². The van der Waals surface area contributed by atoms with E-state index in [0.717, 1.165) is 26.4 Å². The van der Waals surface area contributed by atoms with Crippen molar-refractivity contribution < 1.29 is 28.9 Å². The summed E-state index contributed by atoms with van der Waals surface area (Å²) < 4.78 is 9.21. The molecule has 0 fully saturated rings. The van der Waals surface area contributed by atoms with Crippen LogP contribution in [0.3, 0.4) is 0 Å². The number of hydrogen-bond acceptors (Lipinski definition) is 8. The molecule has 0 aromatic heterocycles. The minimum absolute atomic E-state index is 0.00350. The molecule has 0 bridgehead atoms. The lowest BCUT2D eigenvalue weighted by atomic mass is 9.77. The summed E-state index contributed by atoms with van der Waals surface area (Å²) in [5.74, 6) is -2.05. The van der Waals surface area contributed by atoms with Crippen LogP contribution in [0.15, 0.2) is 42.1 Å². The van der Waals surface area contributed by atoms with Gasteiger partial charge in [-0.1, -0.05) is 18.2 Å². The van der Waals surface area contributed by atoms with Gasteiger partial charge in [0.05, 0.1) is 41.6 Å². The highest BCUT2D eigenvalue weighted by Gasteiger charge is 2.52. The molecule has 0 N–H and O–H groups in total. The van der Waals surface area contributed by atoms with Gasteiger partial charge in [0.2, 0.25) is 0 Å². The van der Waals surface area contributed by atoms with Crippen LogP contribution in [-0.2, 0) is 19.1 Å². The monoisotopic (exact) mass is 362 g/mol. The quantitative estimate of drug-likeness (QED) is 0.335. The summed E-state index contributed by atoms with van der Waals surface area (Å²) in [6, 6.07) is 5.47. The van der Waals surface area contributed by atoms with Gasteiger partial charge in [0.15, 0.2) is 5.41 Å². The highest BCUT2D eigenvalue weighted by Crippen LogP contribution is 2.41. The third kappa shape index (κ3) is 3.04. The lowest BCUT2D eigenvalue weighted by Gasteiger charge is -2.26. The number of benzene rings is 1. The van der Waals surface area contributed by atoms with E-state index in [9.17, 15) is 29.8 Å². The van der Waals surface area contributed by atoms with E-state index in [1.807, 2.05) is 0 Å². The second-order valence-corrected chi connectivity index (χ2v) is 5.36. The van der Waals surface area contributed by atoms with Gasteiger partial charge in [-0.05, 0) is 12.1 Å². The van der Waals surface area contributed by atoms with Gasteiger partial charge in [0.1, 0.15) is 0 Å². The highest BCUT2D eigenvalue weighted by molar-refractivity contribution is 6.04. The van der Waals surface area contributed by atoms with Crippen molar-refractivity contribution in [2.75, 3.05) is 14.2 Å². The number of nitro groups is 2. The van der Waals surface area contributed by atoms with E-state index in [-0.39, 0.29) is 16.8 Å². The lowest BCUT2D eigenvalue weighted by Crippen LogP contribution is -2.41. The molecule has 26 heavy (non-hydrogen) atoms. The zero-order valence-corrected chi connectivity index (χ0v) is 13.8. The molecule has 1 aromatic carbocycles. The zero-order chi connectivity index (χ0) is 19.5. The summed E-state index contributed by atoms with van der Waals surface area (Å²) in [6.07, 6.45) is 1.60. The maximum absolute atomic E-state index is 12.1. The molecule has 0 saturated heterocycles. The molecular weight excluding hydrogens is 348 g/mol. The number of esters is 2. The van der Waals surface area contributed by atoms with E-state index < -0.39 is 39.3 Å². The Morgan fingerprint density at radius 3 is 2.12 bits per heavy atom. The molecule has 136 valence electrons. The SMILES string of the molecule is COC(=O)C1(C(=O)OC)C=CC(c2ccccc2[N+](=O)[O-])=C([N+](=O)[O-])C1. The van der Waals surface area contributed by atoms with Crippen molar-refractivity contribution >= 4 is 23.2 Å². The average Bonchev–Trinajstić information content (AvgIpc) is 2.65. The second-order valence-electron chi connectivity index (χ2n) is 5.36. The molecule has 0 amide bonds. The third-order valence-corrected chi connectivity index (χ3v) is 4.00. The first-order valence-electron chi connectivity index (χ1n) is 7.26. The molecule has 0 saturated carbocycles. The summed E-state index contributed by atoms with van der Waals surface area (Å²) in [5, 5.41) is 22.8. The summed E-state index contributed by atoms with van der Waals surface area (Å²) in [5.41, 5.74) is -2.96. The number of hydrogen-bond donors (Lipinski definition) is 0. The summed E-state index contributed by atoms with van der Waals surface area (Å²) in [7, 11) is 2.07. The molecule has 0 radical (unpaired) electrons. The topological polar surface area (TPSA) is 139 Å². The Morgan fingerprint density at radius 1 is 1.04 bits per heavy atom. The van der Waals surface area contributed by atoms with Gasteiger partial charge in [-0.25, -0.2) is 0 Å². The molecule has 1 aliphatic rings. The number of nitro benzene ring substituents is 1. The van der Waals surface area contributed by atoms with Crippen LogP contribution in [0, 0.1) is 25.6 Å².